The maximum absolute atomic E-state index is 12.0. The molecule has 1 aromatic rings. The molecular weight excluding hydrogens is 324 g/mol. The van der Waals surface area contributed by atoms with Crippen LogP contribution in [-0.4, -0.2) is 35.2 Å². The Balaban J connectivity index is 1.80. The van der Waals surface area contributed by atoms with Crippen LogP contribution in [0, 0.1) is 0 Å². The fourth-order valence-electron chi connectivity index (χ4n) is 2.71. The number of ether oxygens (including phenoxy) is 1. The summed E-state index contributed by atoms with van der Waals surface area (Å²) >= 11 is 0. The fourth-order valence-corrected chi connectivity index (χ4v) is 2.71. The largest absolute Gasteiger partial charge is 0.449 e. The van der Waals surface area contributed by atoms with E-state index in [0.717, 1.165) is 25.7 Å². The average molecular weight is 348 g/mol. The van der Waals surface area contributed by atoms with Crippen molar-refractivity contribution in [1.82, 2.24) is 10.6 Å². The Bertz CT molecular complexity index is 608. The molecule has 0 heterocycles. The number of amides is 3. The van der Waals surface area contributed by atoms with Crippen LogP contribution in [0.2, 0.25) is 0 Å². The lowest BCUT2D eigenvalue weighted by molar-refractivity contribution is -0.127. The molecule has 0 spiro atoms. The summed E-state index contributed by atoms with van der Waals surface area (Å²) in [7, 11) is 0. The number of imide groups is 1. The number of nitrogens with one attached hydrogen (secondary N) is 2. The third-order valence-electron chi connectivity index (χ3n) is 4.20. The highest BCUT2D eigenvalue weighted by Gasteiger charge is 2.22. The van der Waals surface area contributed by atoms with Gasteiger partial charge in [0, 0.05) is 6.04 Å². The van der Waals surface area contributed by atoms with E-state index in [-0.39, 0.29) is 18.2 Å². The SMILES string of the molecule is C[C@H](OC(=O)c1ccc(CO)cc1)C(=O)NC(=O)NC1CCCCC1. The summed E-state index contributed by atoms with van der Waals surface area (Å²) in [5.74, 6) is -1.34. The number of carbonyl (C=O) groups is 3. The van der Waals surface area contributed by atoms with Gasteiger partial charge in [0.05, 0.1) is 12.2 Å². The summed E-state index contributed by atoms with van der Waals surface area (Å²) in [6, 6.07) is 5.73. The Labute approximate surface area is 146 Å². The second-order valence-corrected chi connectivity index (χ2v) is 6.20. The number of aliphatic hydroxyl groups excluding tert-OH is 1. The lowest BCUT2D eigenvalue weighted by Gasteiger charge is -2.23. The van der Waals surface area contributed by atoms with Gasteiger partial charge in [-0.15, -0.1) is 0 Å². The predicted molar refractivity (Wildman–Crippen MR) is 90.8 cm³/mol. The molecule has 3 N–H and O–H groups in total. The number of hydrogen-bond acceptors (Lipinski definition) is 5. The van der Waals surface area contributed by atoms with E-state index in [0.29, 0.717) is 5.56 Å². The first-order chi connectivity index (χ1) is 12.0. The second kappa shape index (κ2) is 9.17. The molecule has 3 amide bonds. The first-order valence-electron chi connectivity index (χ1n) is 8.51. The normalized spacial score (nSPS) is 15.9. The van der Waals surface area contributed by atoms with Gasteiger partial charge < -0.3 is 15.2 Å². The van der Waals surface area contributed by atoms with E-state index in [4.69, 9.17) is 9.84 Å². The van der Waals surface area contributed by atoms with Crippen LogP contribution in [0.1, 0.15) is 54.9 Å². The molecule has 0 unspecified atom stereocenters. The van der Waals surface area contributed by atoms with Crippen molar-refractivity contribution in [2.45, 2.75) is 57.8 Å². The van der Waals surface area contributed by atoms with Crippen LogP contribution in [0.25, 0.3) is 0 Å². The number of carbonyl (C=O) groups excluding carboxylic acids is 3. The minimum Gasteiger partial charge on any atom is -0.449 e. The van der Waals surface area contributed by atoms with Crippen LogP contribution in [0.5, 0.6) is 0 Å². The van der Waals surface area contributed by atoms with Crippen LogP contribution < -0.4 is 10.6 Å². The molecule has 136 valence electrons. The van der Waals surface area contributed by atoms with Crippen molar-refractivity contribution in [2.24, 2.45) is 0 Å². The van der Waals surface area contributed by atoms with Gasteiger partial charge >= 0.3 is 12.0 Å². The Morgan fingerprint density at radius 3 is 2.40 bits per heavy atom. The van der Waals surface area contributed by atoms with Gasteiger partial charge in [-0.3, -0.25) is 10.1 Å². The minimum atomic E-state index is -1.10. The van der Waals surface area contributed by atoms with E-state index in [1.54, 1.807) is 12.1 Å². The van der Waals surface area contributed by atoms with E-state index < -0.39 is 24.0 Å². The molecule has 25 heavy (non-hydrogen) atoms. The van der Waals surface area contributed by atoms with E-state index in [9.17, 15) is 14.4 Å². The van der Waals surface area contributed by atoms with Gasteiger partial charge in [0.1, 0.15) is 0 Å². The summed E-state index contributed by atoms with van der Waals surface area (Å²) in [5.41, 5.74) is 0.935. The topological polar surface area (TPSA) is 105 Å². The van der Waals surface area contributed by atoms with Gasteiger partial charge in [-0.05, 0) is 37.5 Å². The summed E-state index contributed by atoms with van der Waals surface area (Å²) in [6.07, 6.45) is 4.04. The Morgan fingerprint density at radius 2 is 1.80 bits per heavy atom. The van der Waals surface area contributed by atoms with E-state index in [2.05, 4.69) is 10.6 Å². The van der Waals surface area contributed by atoms with E-state index in [1.165, 1.54) is 25.5 Å². The smallest absolute Gasteiger partial charge is 0.338 e. The van der Waals surface area contributed by atoms with Crippen LogP contribution in [0.4, 0.5) is 4.79 Å². The number of esters is 1. The van der Waals surface area contributed by atoms with Crippen molar-refractivity contribution in [2.75, 3.05) is 0 Å². The molecule has 1 aliphatic carbocycles. The van der Waals surface area contributed by atoms with Crippen LogP contribution in [0.15, 0.2) is 24.3 Å². The zero-order valence-electron chi connectivity index (χ0n) is 14.3. The zero-order valence-corrected chi connectivity index (χ0v) is 14.3. The summed E-state index contributed by atoms with van der Waals surface area (Å²) in [6.45, 7) is 1.29. The minimum absolute atomic E-state index is 0.0874. The molecule has 1 fully saturated rings. The fraction of sp³-hybridized carbons (Fsp3) is 0.500. The molecule has 0 aromatic heterocycles. The maximum Gasteiger partial charge on any atom is 0.338 e. The third kappa shape index (κ3) is 5.86. The van der Waals surface area contributed by atoms with Gasteiger partial charge in [-0.2, -0.15) is 0 Å². The quantitative estimate of drug-likeness (QED) is 0.705. The van der Waals surface area contributed by atoms with Gasteiger partial charge in [0.2, 0.25) is 0 Å². The maximum atomic E-state index is 12.0. The van der Waals surface area contributed by atoms with Crippen molar-refractivity contribution in [3.63, 3.8) is 0 Å². The van der Waals surface area contributed by atoms with Gasteiger partial charge in [0.15, 0.2) is 6.10 Å². The summed E-state index contributed by atoms with van der Waals surface area (Å²) < 4.78 is 5.07. The van der Waals surface area contributed by atoms with Gasteiger partial charge in [-0.25, -0.2) is 9.59 Å². The van der Waals surface area contributed by atoms with E-state index >= 15 is 0 Å². The molecule has 7 nitrogen and oxygen atoms in total. The van der Waals surface area contributed by atoms with Crippen LogP contribution in [-0.2, 0) is 16.1 Å². The molecule has 0 saturated heterocycles. The van der Waals surface area contributed by atoms with Crippen LogP contribution in [0.3, 0.4) is 0 Å². The molecule has 0 bridgehead atoms. The predicted octanol–water partition coefficient (Wildman–Crippen LogP) is 1.88. The van der Waals surface area contributed by atoms with Crippen molar-refractivity contribution >= 4 is 17.9 Å². The molecule has 1 aliphatic rings. The molecule has 7 heteroatoms. The summed E-state index contributed by atoms with van der Waals surface area (Å²) in [5, 5.41) is 13.9. The Morgan fingerprint density at radius 1 is 1.16 bits per heavy atom. The van der Waals surface area contributed by atoms with Crippen molar-refractivity contribution in [1.29, 1.82) is 0 Å². The molecule has 1 aromatic carbocycles. The number of aliphatic hydroxyl groups is 1. The van der Waals surface area contributed by atoms with Crippen molar-refractivity contribution < 1.29 is 24.2 Å². The Kier molecular flexibility index (Phi) is 6.94. The monoisotopic (exact) mass is 348 g/mol. The molecule has 2 rings (SSSR count). The number of hydrogen-bond donors (Lipinski definition) is 3. The van der Waals surface area contributed by atoms with Gasteiger partial charge in [0.25, 0.3) is 5.91 Å². The van der Waals surface area contributed by atoms with Crippen LogP contribution >= 0.6 is 0 Å². The van der Waals surface area contributed by atoms with E-state index in [1.807, 2.05) is 0 Å². The van der Waals surface area contributed by atoms with Crippen molar-refractivity contribution in [3.8, 4) is 0 Å². The molecular formula is C18H24N2O5. The lowest BCUT2D eigenvalue weighted by Crippen LogP contribution is -2.48. The lowest BCUT2D eigenvalue weighted by atomic mass is 9.96. The highest BCUT2D eigenvalue weighted by atomic mass is 16.5. The standard InChI is InChI=1S/C18H24N2O5/c1-12(25-17(23)14-9-7-13(11-21)8-10-14)16(22)20-18(24)19-15-5-3-2-4-6-15/h7-10,12,15,21H,2-6,11H2,1H3,(H2,19,20,22,24)/t12-/m0/s1. The first-order valence-corrected chi connectivity index (χ1v) is 8.51. The summed E-state index contributed by atoms with van der Waals surface area (Å²) in [4.78, 5) is 35.8. The molecule has 0 aliphatic heterocycles. The highest BCUT2D eigenvalue weighted by molar-refractivity contribution is 5.98. The Hall–Kier alpha value is -2.41. The number of benzene rings is 1. The highest BCUT2D eigenvalue weighted by Crippen LogP contribution is 2.17. The second-order valence-electron chi connectivity index (χ2n) is 6.20. The van der Waals surface area contributed by atoms with Crippen molar-refractivity contribution in [3.05, 3.63) is 35.4 Å². The third-order valence-corrected chi connectivity index (χ3v) is 4.20. The molecule has 0 radical (unpaired) electrons. The average Bonchev–Trinajstić information content (AvgIpc) is 2.62. The number of rotatable bonds is 5. The first kappa shape index (κ1) is 18.9. The number of urea groups is 1. The molecule has 1 atom stereocenters. The van der Waals surface area contributed by atoms with Gasteiger partial charge in [-0.1, -0.05) is 31.4 Å². The zero-order chi connectivity index (χ0) is 18.2. The molecule has 1 saturated carbocycles.